The third kappa shape index (κ3) is 6.32. The number of nitrogen functional groups attached to an aromatic ring is 1. The number of alkyl carbamates (subject to hydrolysis) is 1. The Morgan fingerprint density at radius 1 is 1.47 bits per heavy atom. The third-order valence-corrected chi connectivity index (χ3v) is 1.93. The van der Waals surface area contributed by atoms with Gasteiger partial charge in [-0.25, -0.2) is 9.78 Å². The summed E-state index contributed by atoms with van der Waals surface area (Å²) in [5.41, 5.74) is 6.69. The van der Waals surface area contributed by atoms with Crippen molar-refractivity contribution in [3.63, 3.8) is 0 Å². The summed E-state index contributed by atoms with van der Waals surface area (Å²) in [5, 5.41) is 2.54. The van der Waals surface area contributed by atoms with E-state index in [1.165, 1.54) is 0 Å². The van der Waals surface area contributed by atoms with E-state index in [0.29, 0.717) is 11.5 Å². The molecule has 0 saturated carbocycles. The quantitative estimate of drug-likeness (QED) is 0.756. The second-order valence-electron chi connectivity index (χ2n) is 5.11. The van der Waals surface area contributed by atoms with E-state index in [0.717, 1.165) is 5.56 Å². The Hall–Kier alpha value is -2.22. The molecule has 1 amide bonds. The summed E-state index contributed by atoms with van der Waals surface area (Å²) in [6.07, 6.45) is -0.487. The zero-order valence-electron chi connectivity index (χ0n) is 11.7. The molecule has 0 atom stereocenters. The summed E-state index contributed by atoms with van der Waals surface area (Å²) < 4.78 is 5.07. The summed E-state index contributed by atoms with van der Waals surface area (Å²) in [7, 11) is 0. The van der Waals surface area contributed by atoms with E-state index < -0.39 is 11.7 Å². The topological polar surface area (TPSA) is 77.2 Å². The first kappa shape index (κ1) is 14.8. The van der Waals surface area contributed by atoms with Crippen molar-refractivity contribution in [2.45, 2.75) is 33.3 Å². The SMILES string of the molecule is Cc1cc(N)nc(C#CCNC(=O)OC(C)(C)C)c1. The van der Waals surface area contributed by atoms with Crippen LogP contribution in [0, 0.1) is 18.8 Å². The van der Waals surface area contributed by atoms with Crippen molar-refractivity contribution in [1.29, 1.82) is 0 Å². The highest BCUT2D eigenvalue weighted by atomic mass is 16.6. The number of ether oxygens (including phenoxy) is 1. The van der Waals surface area contributed by atoms with Crippen LogP contribution in [-0.2, 0) is 4.74 Å². The number of hydrogen-bond acceptors (Lipinski definition) is 4. The zero-order valence-corrected chi connectivity index (χ0v) is 11.7. The Morgan fingerprint density at radius 3 is 2.74 bits per heavy atom. The molecule has 19 heavy (non-hydrogen) atoms. The van der Waals surface area contributed by atoms with E-state index in [2.05, 4.69) is 22.1 Å². The standard InChI is InChI=1S/C14H19N3O2/c1-10-8-11(17-12(15)9-10)6-5-7-16-13(18)19-14(2,3)4/h8-9H,7H2,1-4H3,(H2,15,17)(H,16,18). The number of pyridine rings is 1. The predicted molar refractivity (Wildman–Crippen MR) is 74.5 cm³/mol. The van der Waals surface area contributed by atoms with Gasteiger partial charge < -0.3 is 15.8 Å². The molecule has 1 heterocycles. The van der Waals surface area contributed by atoms with Gasteiger partial charge >= 0.3 is 6.09 Å². The molecule has 1 aromatic heterocycles. The van der Waals surface area contributed by atoms with Gasteiger partial charge in [-0.2, -0.15) is 0 Å². The Kier molecular flexibility index (Phi) is 4.76. The largest absolute Gasteiger partial charge is 0.444 e. The van der Waals surface area contributed by atoms with Crippen LogP contribution < -0.4 is 11.1 Å². The van der Waals surface area contributed by atoms with E-state index in [-0.39, 0.29) is 6.54 Å². The van der Waals surface area contributed by atoms with Crippen molar-refractivity contribution in [3.05, 3.63) is 23.4 Å². The highest BCUT2D eigenvalue weighted by molar-refractivity contribution is 5.68. The minimum atomic E-state index is -0.510. The van der Waals surface area contributed by atoms with Gasteiger partial charge in [0, 0.05) is 0 Å². The van der Waals surface area contributed by atoms with Crippen LogP contribution in [0.1, 0.15) is 32.0 Å². The third-order valence-electron chi connectivity index (χ3n) is 1.93. The molecule has 0 saturated heterocycles. The molecule has 0 radical (unpaired) electrons. The average molecular weight is 261 g/mol. The summed E-state index contributed by atoms with van der Waals surface area (Å²) in [4.78, 5) is 15.4. The van der Waals surface area contributed by atoms with E-state index in [4.69, 9.17) is 10.5 Å². The van der Waals surface area contributed by atoms with Crippen molar-refractivity contribution in [2.24, 2.45) is 0 Å². The number of rotatable bonds is 1. The normalized spacial score (nSPS) is 10.3. The van der Waals surface area contributed by atoms with Gasteiger partial charge in [0.05, 0.1) is 6.54 Å². The molecule has 0 unspecified atom stereocenters. The lowest BCUT2D eigenvalue weighted by atomic mass is 10.2. The molecule has 1 rings (SSSR count). The average Bonchev–Trinajstić information content (AvgIpc) is 2.20. The number of anilines is 1. The number of hydrogen-bond donors (Lipinski definition) is 2. The zero-order chi connectivity index (χ0) is 14.5. The van der Waals surface area contributed by atoms with Crippen LogP contribution in [0.25, 0.3) is 0 Å². The molecule has 102 valence electrons. The molecular formula is C14H19N3O2. The first-order valence-electron chi connectivity index (χ1n) is 5.96. The Labute approximate surface area is 113 Å². The molecule has 0 aliphatic carbocycles. The fourth-order valence-electron chi connectivity index (χ4n) is 1.32. The fourth-order valence-corrected chi connectivity index (χ4v) is 1.32. The lowest BCUT2D eigenvalue weighted by Crippen LogP contribution is -2.32. The van der Waals surface area contributed by atoms with Crippen molar-refractivity contribution >= 4 is 11.9 Å². The smallest absolute Gasteiger partial charge is 0.408 e. The summed E-state index contributed by atoms with van der Waals surface area (Å²) in [6.45, 7) is 7.53. The van der Waals surface area contributed by atoms with Crippen LogP contribution in [0.4, 0.5) is 10.6 Å². The van der Waals surface area contributed by atoms with Crippen LogP contribution in [-0.4, -0.2) is 23.2 Å². The number of carbonyl (C=O) groups is 1. The molecule has 5 heteroatoms. The molecule has 0 bridgehead atoms. The molecule has 0 fully saturated rings. The minimum absolute atomic E-state index is 0.199. The van der Waals surface area contributed by atoms with Gasteiger partial charge in [-0.1, -0.05) is 5.92 Å². The van der Waals surface area contributed by atoms with Gasteiger partial charge in [0.15, 0.2) is 0 Å². The fraction of sp³-hybridized carbons (Fsp3) is 0.429. The van der Waals surface area contributed by atoms with E-state index >= 15 is 0 Å². The lowest BCUT2D eigenvalue weighted by molar-refractivity contribution is 0.0535. The van der Waals surface area contributed by atoms with Crippen LogP contribution >= 0.6 is 0 Å². The summed E-state index contributed by atoms with van der Waals surface area (Å²) >= 11 is 0. The number of nitrogens with zero attached hydrogens (tertiary/aromatic N) is 1. The van der Waals surface area contributed by atoms with Gasteiger partial charge in [-0.3, -0.25) is 0 Å². The number of carbonyl (C=O) groups excluding carboxylic acids is 1. The molecule has 0 aromatic carbocycles. The van der Waals surface area contributed by atoms with Gasteiger partial charge in [0.25, 0.3) is 0 Å². The van der Waals surface area contributed by atoms with Crippen molar-refractivity contribution in [2.75, 3.05) is 12.3 Å². The molecule has 0 aliphatic heterocycles. The molecule has 3 N–H and O–H groups in total. The van der Waals surface area contributed by atoms with Crippen LogP contribution in [0.15, 0.2) is 12.1 Å². The van der Waals surface area contributed by atoms with Gasteiger partial charge in [-0.15, -0.1) is 0 Å². The number of amides is 1. The maximum atomic E-state index is 11.3. The van der Waals surface area contributed by atoms with Gasteiger partial charge in [0.1, 0.15) is 17.1 Å². The number of nitrogens with two attached hydrogens (primary N) is 1. The molecule has 0 spiro atoms. The van der Waals surface area contributed by atoms with E-state index in [1.54, 1.807) is 26.8 Å². The second kappa shape index (κ2) is 6.10. The highest BCUT2D eigenvalue weighted by Crippen LogP contribution is 2.06. The molecule has 0 aliphatic rings. The molecule has 1 aromatic rings. The Bertz CT molecular complexity index is 501. The maximum absolute atomic E-state index is 11.3. The first-order chi connectivity index (χ1) is 8.76. The predicted octanol–water partition coefficient (Wildman–Crippen LogP) is 1.85. The summed E-state index contributed by atoms with van der Waals surface area (Å²) in [6, 6.07) is 3.60. The number of nitrogens with one attached hydrogen (secondary N) is 1. The first-order valence-corrected chi connectivity index (χ1v) is 5.96. The van der Waals surface area contributed by atoms with Crippen LogP contribution in [0.2, 0.25) is 0 Å². The van der Waals surface area contributed by atoms with Crippen LogP contribution in [0.5, 0.6) is 0 Å². The van der Waals surface area contributed by atoms with Gasteiger partial charge in [0.2, 0.25) is 0 Å². The molecule has 5 nitrogen and oxygen atoms in total. The van der Waals surface area contributed by atoms with Crippen LogP contribution in [0.3, 0.4) is 0 Å². The number of aromatic nitrogens is 1. The Balaban J connectivity index is 2.50. The summed E-state index contributed by atoms with van der Waals surface area (Å²) in [5.74, 6) is 6.06. The second-order valence-corrected chi connectivity index (χ2v) is 5.11. The van der Waals surface area contributed by atoms with E-state index in [1.807, 2.05) is 13.0 Å². The molecular weight excluding hydrogens is 242 g/mol. The van der Waals surface area contributed by atoms with Crippen molar-refractivity contribution in [1.82, 2.24) is 10.3 Å². The van der Waals surface area contributed by atoms with Crippen molar-refractivity contribution < 1.29 is 9.53 Å². The van der Waals surface area contributed by atoms with Gasteiger partial charge in [-0.05, 0) is 51.3 Å². The number of aryl methyl sites for hydroxylation is 1. The van der Waals surface area contributed by atoms with E-state index in [9.17, 15) is 4.79 Å². The monoisotopic (exact) mass is 261 g/mol. The Morgan fingerprint density at radius 2 is 2.16 bits per heavy atom. The maximum Gasteiger partial charge on any atom is 0.408 e. The lowest BCUT2D eigenvalue weighted by Gasteiger charge is -2.18. The minimum Gasteiger partial charge on any atom is -0.444 e. The van der Waals surface area contributed by atoms with Crippen molar-refractivity contribution in [3.8, 4) is 11.8 Å². The highest BCUT2D eigenvalue weighted by Gasteiger charge is 2.14.